The van der Waals surface area contributed by atoms with Crippen LogP contribution < -0.4 is 10.2 Å². The molecule has 0 bridgehead atoms. The number of phosphoric acid groups is 1. The van der Waals surface area contributed by atoms with E-state index in [0.717, 1.165) is 77.0 Å². The Balaban J connectivity index is 5.24. The van der Waals surface area contributed by atoms with Crippen LogP contribution in [0.2, 0.25) is 0 Å². The summed E-state index contributed by atoms with van der Waals surface area (Å²) in [6.07, 6.45) is 74.4. The molecule has 0 spiro atoms. The molecule has 0 aromatic rings. The molecule has 3 unspecified atom stereocenters. The lowest BCUT2D eigenvalue weighted by atomic mass is 10.0. The topological polar surface area (TPSA) is 114 Å². The van der Waals surface area contributed by atoms with Crippen LogP contribution in [0.25, 0.3) is 0 Å². The van der Waals surface area contributed by atoms with Gasteiger partial charge in [0, 0.05) is 12.8 Å². The Kier molecular flexibility index (Phi) is 55.8. The summed E-state index contributed by atoms with van der Waals surface area (Å²) in [5, 5.41) is 3.03. The quantitative estimate of drug-likeness (QED) is 0.0212. The van der Waals surface area contributed by atoms with Crippen molar-refractivity contribution in [1.29, 1.82) is 0 Å². The van der Waals surface area contributed by atoms with E-state index in [1.54, 1.807) is 0 Å². The highest BCUT2D eigenvalue weighted by Gasteiger charge is 2.27. The minimum absolute atomic E-state index is 0.0294. The first kappa shape index (κ1) is 75.5. The lowest BCUT2D eigenvalue weighted by Gasteiger charge is -2.30. The molecule has 0 saturated heterocycles. The summed E-state index contributed by atoms with van der Waals surface area (Å²) in [7, 11) is 1.17. The molecule has 0 aromatic heterocycles. The molecular weight excluding hydrogens is 988 g/mol. The molecule has 0 aliphatic rings. The Morgan fingerprint density at radius 3 is 1.22 bits per heavy atom. The average Bonchev–Trinajstić information content (AvgIpc) is 3.40. The summed E-state index contributed by atoms with van der Waals surface area (Å²) in [4.78, 5) is 40.0. The second-order valence-electron chi connectivity index (χ2n) is 23.3. The number of rotatable bonds is 59. The van der Waals surface area contributed by atoms with Gasteiger partial charge in [-0.1, -0.05) is 255 Å². The van der Waals surface area contributed by atoms with Crippen LogP contribution in [0.5, 0.6) is 0 Å². The first-order chi connectivity index (χ1) is 37.9. The highest BCUT2D eigenvalue weighted by Crippen LogP contribution is 2.38. The van der Waals surface area contributed by atoms with Crippen LogP contribution in [-0.2, 0) is 27.9 Å². The number of nitrogens with zero attached hydrogens (tertiary/aromatic N) is 1. The third kappa shape index (κ3) is 58.1. The maximum absolute atomic E-state index is 13.6. The number of esters is 1. The van der Waals surface area contributed by atoms with Crippen molar-refractivity contribution < 1.29 is 37.3 Å². The first-order valence-corrected chi connectivity index (χ1v) is 34.2. The number of hydrogen-bond donors (Lipinski definition) is 1. The van der Waals surface area contributed by atoms with Crippen molar-refractivity contribution in [1.82, 2.24) is 5.32 Å². The Labute approximate surface area is 483 Å². The highest BCUT2D eigenvalue weighted by molar-refractivity contribution is 7.45. The number of allylic oxidation sites excluding steroid dienone is 11. The predicted octanol–water partition coefficient (Wildman–Crippen LogP) is 19.8. The van der Waals surface area contributed by atoms with Gasteiger partial charge >= 0.3 is 5.97 Å². The Bertz CT molecular complexity index is 1570. The standard InChI is InChI=1S/C68H125N2O7P/c1-7-10-13-16-19-22-25-28-30-32-34-35-37-38-40-42-45-48-51-54-57-60-67(71)69-65(64-76-78(73,74)75-63-62-70(4,5)6)66(59-56-53-50-47-44-27-24-21-18-15-12-9-3)77-68(72)61-58-55-52-49-46-43-41-39-36-33-31-29-26-23-20-17-14-11-8-2/h20,23,28-31,36,39,43,46,56,59,65-66H,7-19,21-22,24-27,32-35,37-38,40-42,44-45,47-55,57-58,60-64H2,1-6H3,(H-,69,71,73,74)/b23-20-,30-28+,31-29-,39-36-,46-43-,59-56+. The van der Waals surface area contributed by atoms with Gasteiger partial charge in [-0.05, 0) is 102 Å². The summed E-state index contributed by atoms with van der Waals surface area (Å²) < 4.78 is 30.3. The smallest absolute Gasteiger partial charge is 0.306 e. The lowest BCUT2D eigenvalue weighted by molar-refractivity contribution is -0.870. The van der Waals surface area contributed by atoms with Crippen LogP contribution in [0.3, 0.4) is 0 Å². The van der Waals surface area contributed by atoms with Gasteiger partial charge in [0.15, 0.2) is 0 Å². The number of phosphoric ester groups is 1. The molecule has 0 rings (SSSR count). The van der Waals surface area contributed by atoms with E-state index >= 15 is 0 Å². The van der Waals surface area contributed by atoms with Gasteiger partial charge in [-0.2, -0.15) is 0 Å². The van der Waals surface area contributed by atoms with Gasteiger partial charge in [0.2, 0.25) is 5.91 Å². The Morgan fingerprint density at radius 1 is 0.449 bits per heavy atom. The molecule has 0 saturated carbocycles. The zero-order valence-corrected chi connectivity index (χ0v) is 52.8. The third-order valence-electron chi connectivity index (χ3n) is 14.4. The van der Waals surface area contributed by atoms with E-state index in [1.165, 1.54) is 180 Å². The summed E-state index contributed by atoms with van der Waals surface area (Å²) in [5.74, 6) is -0.573. The lowest BCUT2D eigenvalue weighted by Crippen LogP contribution is -2.47. The predicted molar refractivity (Wildman–Crippen MR) is 335 cm³/mol. The number of amides is 1. The number of ether oxygens (including phenoxy) is 1. The van der Waals surface area contributed by atoms with E-state index < -0.39 is 26.6 Å². The van der Waals surface area contributed by atoms with Gasteiger partial charge < -0.3 is 28.5 Å². The van der Waals surface area contributed by atoms with Crippen molar-refractivity contribution in [3.63, 3.8) is 0 Å². The number of likely N-dealkylation sites (N-methyl/N-ethyl adjacent to an activating group) is 1. The molecule has 3 atom stereocenters. The molecule has 0 aliphatic carbocycles. The summed E-state index contributed by atoms with van der Waals surface area (Å²) in [6, 6.07) is -0.904. The summed E-state index contributed by atoms with van der Waals surface area (Å²) in [6.45, 7) is 6.81. The van der Waals surface area contributed by atoms with Crippen LogP contribution in [0.15, 0.2) is 72.9 Å². The van der Waals surface area contributed by atoms with Crippen LogP contribution >= 0.6 is 7.82 Å². The minimum Gasteiger partial charge on any atom is -0.756 e. The van der Waals surface area contributed by atoms with Gasteiger partial charge in [0.05, 0.1) is 33.8 Å². The van der Waals surface area contributed by atoms with Crippen LogP contribution in [-0.4, -0.2) is 69.4 Å². The van der Waals surface area contributed by atoms with Gasteiger partial charge in [-0.3, -0.25) is 14.2 Å². The average molecular weight is 1110 g/mol. The van der Waals surface area contributed by atoms with Crippen LogP contribution in [0, 0.1) is 0 Å². The van der Waals surface area contributed by atoms with Crippen molar-refractivity contribution in [3.8, 4) is 0 Å². The SMILES string of the molecule is CCCCC/C=C\C/C=C\C/C=C\C/C=C\CCCCCC(=O)OC(/C=C/CCCCCCCCCCCC)C(COP(=O)([O-])OCC[N+](C)(C)C)NC(=O)CCCCCCCCCCCCC/C=C/CCCCCCCC. The molecule has 0 heterocycles. The number of hydrogen-bond acceptors (Lipinski definition) is 7. The molecule has 0 fully saturated rings. The monoisotopic (exact) mass is 1110 g/mol. The molecule has 1 N–H and O–H groups in total. The normalized spacial score (nSPS) is 14.1. The fraction of sp³-hybridized carbons (Fsp3) is 0.794. The van der Waals surface area contributed by atoms with Crippen LogP contribution in [0.4, 0.5) is 0 Å². The van der Waals surface area contributed by atoms with Crippen molar-refractivity contribution >= 4 is 19.7 Å². The van der Waals surface area contributed by atoms with Crippen LogP contribution in [0.1, 0.15) is 297 Å². The first-order valence-electron chi connectivity index (χ1n) is 32.7. The fourth-order valence-electron chi connectivity index (χ4n) is 9.27. The molecular formula is C68H125N2O7P. The summed E-state index contributed by atoms with van der Waals surface area (Å²) in [5.41, 5.74) is 0. The molecule has 454 valence electrons. The maximum Gasteiger partial charge on any atom is 0.306 e. The molecule has 0 radical (unpaired) electrons. The van der Waals surface area contributed by atoms with Crippen molar-refractivity contribution in [2.45, 2.75) is 309 Å². The summed E-state index contributed by atoms with van der Waals surface area (Å²) >= 11 is 0. The third-order valence-corrected chi connectivity index (χ3v) is 15.3. The molecule has 0 aliphatic heterocycles. The van der Waals surface area contributed by atoms with Crippen molar-refractivity contribution in [3.05, 3.63) is 72.9 Å². The van der Waals surface area contributed by atoms with Gasteiger partial charge in [0.1, 0.15) is 19.3 Å². The largest absolute Gasteiger partial charge is 0.756 e. The molecule has 10 heteroatoms. The second kappa shape index (κ2) is 57.7. The second-order valence-corrected chi connectivity index (χ2v) is 24.7. The number of quaternary nitrogens is 1. The van der Waals surface area contributed by atoms with E-state index in [-0.39, 0.29) is 24.9 Å². The zero-order chi connectivity index (χ0) is 57.2. The van der Waals surface area contributed by atoms with E-state index in [0.29, 0.717) is 23.9 Å². The zero-order valence-electron chi connectivity index (χ0n) is 51.9. The molecule has 0 aromatic carbocycles. The Hall–Kier alpha value is -2.55. The number of carbonyl (C=O) groups is 2. The molecule has 78 heavy (non-hydrogen) atoms. The number of nitrogens with one attached hydrogen (secondary N) is 1. The molecule has 1 amide bonds. The fourth-order valence-corrected chi connectivity index (χ4v) is 9.99. The van der Waals surface area contributed by atoms with Crippen molar-refractivity contribution in [2.75, 3.05) is 40.9 Å². The van der Waals surface area contributed by atoms with E-state index in [2.05, 4.69) is 86.8 Å². The Morgan fingerprint density at radius 2 is 0.782 bits per heavy atom. The minimum atomic E-state index is -4.71. The van der Waals surface area contributed by atoms with Gasteiger partial charge in [-0.25, -0.2) is 0 Å². The maximum atomic E-state index is 13.6. The number of carbonyl (C=O) groups excluding carboxylic acids is 2. The van der Waals surface area contributed by atoms with E-state index in [9.17, 15) is 19.0 Å². The highest BCUT2D eigenvalue weighted by atomic mass is 31.2. The van der Waals surface area contributed by atoms with E-state index in [1.807, 2.05) is 33.3 Å². The van der Waals surface area contributed by atoms with Gasteiger partial charge in [-0.15, -0.1) is 0 Å². The number of unbranched alkanes of at least 4 members (excludes halogenated alkanes) is 33. The van der Waals surface area contributed by atoms with Crippen molar-refractivity contribution in [2.24, 2.45) is 0 Å². The van der Waals surface area contributed by atoms with E-state index in [4.69, 9.17) is 13.8 Å². The van der Waals surface area contributed by atoms with Gasteiger partial charge in [0.25, 0.3) is 7.82 Å². The molecule has 9 nitrogen and oxygen atoms in total.